The Bertz CT molecular complexity index is 547. The number of rotatable bonds is 3. The van der Waals surface area contributed by atoms with Crippen LogP contribution in [0.5, 0.6) is 0 Å². The van der Waals surface area contributed by atoms with E-state index in [1.54, 1.807) is 0 Å². The van der Waals surface area contributed by atoms with Gasteiger partial charge in [0.2, 0.25) is 23.8 Å². The van der Waals surface area contributed by atoms with Crippen molar-refractivity contribution in [3.8, 4) is 0 Å². The van der Waals surface area contributed by atoms with Gasteiger partial charge in [-0.15, -0.1) is 0 Å². The normalized spacial score (nSPS) is 21.9. The molecule has 4 heterocycles. The van der Waals surface area contributed by atoms with Crippen LogP contribution in [0.25, 0.3) is 0 Å². The van der Waals surface area contributed by atoms with Crippen molar-refractivity contribution in [3.05, 3.63) is 0 Å². The van der Waals surface area contributed by atoms with Gasteiger partial charge in [0.1, 0.15) is 0 Å². The smallest absolute Gasteiger partial charge is 0.239 e. The predicted molar refractivity (Wildman–Crippen MR) is 87.9 cm³/mol. The molecular weight excluding hydrogens is 294 g/mol. The van der Waals surface area contributed by atoms with E-state index >= 15 is 0 Å². The molecule has 0 spiro atoms. The molecule has 3 saturated heterocycles. The first-order chi connectivity index (χ1) is 11.3. The molecule has 0 saturated carbocycles. The lowest BCUT2D eigenvalue weighted by atomic mass is 10.4. The molecule has 23 heavy (non-hydrogen) atoms. The maximum Gasteiger partial charge on any atom is 0.239 e. The zero-order valence-corrected chi connectivity index (χ0v) is 13.4. The van der Waals surface area contributed by atoms with Crippen molar-refractivity contribution in [2.24, 2.45) is 0 Å². The number of aromatic nitrogens is 3. The number of nitrogens with one attached hydrogen (secondary N) is 1. The zero-order valence-electron chi connectivity index (χ0n) is 13.4. The fraction of sp³-hybridized carbons (Fsp3) is 0.733. The van der Waals surface area contributed by atoms with E-state index in [-0.39, 0.29) is 5.91 Å². The van der Waals surface area contributed by atoms with Gasteiger partial charge in [0.25, 0.3) is 0 Å². The highest BCUT2D eigenvalue weighted by Gasteiger charge is 2.25. The average Bonchev–Trinajstić information content (AvgIpc) is 3.28. The van der Waals surface area contributed by atoms with Crippen LogP contribution in [0.1, 0.15) is 25.7 Å². The Labute approximate surface area is 135 Å². The van der Waals surface area contributed by atoms with Crippen LogP contribution in [-0.4, -0.2) is 66.7 Å². The van der Waals surface area contributed by atoms with Crippen LogP contribution in [0.4, 0.5) is 17.8 Å². The predicted octanol–water partition coefficient (Wildman–Crippen LogP) is 0.00820. The van der Waals surface area contributed by atoms with Crippen LogP contribution >= 0.6 is 0 Å². The summed E-state index contributed by atoms with van der Waals surface area (Å²) < 4.78 is 0. The molecule has 0 radical (unpaired) electrons. The van der Waals surface area contributed by atoms with Crippen LogP contribution in [0.2, 0.25) is 0 Å². The fourth-order valence-electron chi connectivity index (χ4n) is 3.41. The minimum Gasteiger partial charge on any atom is -0.353 e. The van der Waals surface area contributed by atoms with Gasteiger partial charge in [0.05, 0.1) is 6.54 Å². The SMILES string of the molecule is O=C1CN(c2nc(N3CCCC3)nc(N3CCCC3)n2)CCN1. The van der Waals surface area contributed by atoms with Crippen LogP contribution in [0.15, 0.2) is 0 Å². The van der Waals surface area contributed by atoms with E-state index in [4.69, 9.17) is 4.98 Å². The first kappa shape index (κ1) is 14.5. The number of nitrogens with zero attached hydrogens (tertiary/aromatic N) is 6. The van der Waals surface area contributed by atoms with E-state index in [0.29, 0.717) is 19.0 Å². The Hall–Kier alpha value is -2.12. The summed E-state index contributed by atoms with van der Waals surface area (Å²) in [7, 11) is 0. The lowest BCUT2D eigenvalue weighted by Gasteiger charge is -2.28. The highest BCUT2D eigenvalue weighted by atomic mass is 16.2. The first-order valence-electron chi connectivity index (χ1n) is 8.57. The number of piperazine rings is 1. The third-order valence-electron chi connectivity index (χ3n) is 4.70. The standard InChI is InChI=1S/C15H23N7O/c23-12-11-22(10-5-16-12)15-18-13(20-6-1-2-7-20)17-14(19-15)21-8-3-4-9-21/h1-11H2,(H,16,23). The van der Waals surface area contributed by atoms with Gasteiger partial charge in [-0.25, -0.2) is 0 Å². The summed E-state index contributed by atoms with van der Waals surface area (Å²) in [4.78, 5) is 32.2. The molecule has 8 heteroatoms. The first-order valence-corrected chi connectivity index (χ1v) is 8.57. The molecule has 3 aliphatic rings. The molecule has 0 aliphatic carbocycles. The minimum atomic E-state index is 0.0297. The highest BCUT2D eigenvalue weighted by Crippen LogP contribution is 2.24. The van der Waals surface area contributed by atoms with E-state index in [1.807, 2.05) is 4.90 Å². The van der Waals surface area contributed by atoms with Gasteiger partial charge in [0.15, 0.2) is 0 Å². The third kappa shape index (κ3) is 3.02. The summed E-state index contributed by atoms with van der Waals surface area (Å²) in [5.74, 6) is 2.20. The van der Waals surface area contributed by atoms with Crippen molar-refractivity contribution in [3.63, 3.8) is 0 Å². The topological polar surface area (TPSA) is 77.5 Å². The second-order valence-corrected chi connectivity index (χ2v) is 6.40. The number of hydrogen-bond acceptors (Lipinski definition) is 7. The quantitative estimate of drug-likeness (QED) is 0.841. The Morgan fingerprint density at radius 1 is 0.696 bits per heavy atom. The molecule has 0 bridgehead atoms. The second-order valence-electron chi connectivity index (χ2n) is 6.40. The second kappa shape index (κ2) is 6.17. The highest BCUT2D eigenvalue weighted by molar-refractivity contribution is 5.82. The Morgan fingerprint density at radius 2 is 1.17 bits per heavy atom. The van der Waals surface area contributed by atoms with E-state index in [9.17, 15) is 4.79 Å². The third-order valence-corrected chi connectivity index (χ3v) is 4.70. The Kier molecular flexibility index (Phi) is 3.88. The van der Waals surface area contributed by atoms with Gasteiger partial charge in [-0.2, -0.15) is 15.0 Å². The molecule has 3 fully saturated rings. The van der Waals surface area contributed by atoms with Gasteiger partial charge >= 0.3 is 0 Å². The molecule has 3 aliphatic heterocycles. The van der Waals surface area contributed by atoms with Crippen molar-refractivity contribution >= 4 is 23.8 Å². The van der Waals surface area contributed by atoms with Crippen LogP contribution < -0.4 is 20.0 Å². The van der Waals surface area contributed by atoms with Gasteiger partial charge in [-0.3, -0.25) is 4.79 Å². The molecule has 124 valence electrons. The number of carbonyl (C=O) groups is 1. The minimum absolute atomic E-state index is 0.0297. The lowest BCUT2D eigenvalue weighted by Crippen LogP contribution is -2.48. The van der Waals surface area contributed by atoms with Crippen molar-refractivity contribution in [1.29, 1.82) is 0 Å². The maximum atomic E-state index is 11.7. The van der Waals surface area contributed by atoms with Crippen molar-refractivity contribution in [2.45, 2.75) is 25.7 Å². The van der Waals surface area contributed by atoms with Crippen LogP contribution in [0, 0.1) is 0 Å². The molecule has 0 atom stereocenters. The van der Waals surface area contributed by atoms with Gasteiger partial charge < -0.3 is 20.0 Å². The number of amides is 1. The largest absolute Gasteiger partial charge is 0.353 e. The van der Waals surface area contributed by atoms with Crippen LogP contribution in [0.3, 0.4) is 0 Å². The summed E-state index contributed by atoms with van der Waals surface area (Å²) in [6.07, 6.45) is 4.75. The summed E-state index contributed by atoms with van der Waals surface area (Å²) in [5.41, 5.74) is 0. The molecule has 0 unspecified atom stereocenters. The summed E-state index contributed by atoms with van der Waals surface area (Å²) in [5, 5.41) is 2.85. The van der Waals surface area contributed by atoms with E-state index in [0.717, 1.165) is 44.6 Å². The van der Waals surface area contributed by atoms with E-state index in [2.05, 4.69) is 25.1 Å². The Morgan fingerprint density at radius 3 is 1.65 bits per heavy atom. The number of anilines is 3. The fourth-order valence-corrected chi connectivity index (χ4v) is 3.41. The number of carbonyl (C=O) groups excluding carboxylic acids is 1. The van der Waals surface area contributed by atoms with E-state index in [1.165, 1.54) is 25.7 Å². The monoisotopic (exact) mass is 317 g/mol. The van der Waals surface area contributed by atoms with Crippen molar-refractivity contribution < 1.29 is 4.79 Å². The molecule has 1 amide bonds. The summed E-state index contributed by atoms with van der Waals surface area (Å²) in [6, 6.07) is 0. The van der Waals surface area contributed by atoms with Crippen molar-refractivity contribution in [1.82, 2.24) is 20.3 Å². The molecule has 1 aromatic rings. The van der Waals surface area contributed by atoms with Gasteiger partial charge in [-0.05, 0) is 25.7 Å². The van der Waals surface area contributed by atoms with E-state index < -0.39 is 0 Å². The molecule has 0 aromatic carbocycles. The maximum absolute atomic E-state index is 11.7. The summed E-state index contributed by atoms with van der Waals surface area (Å²) in [6.45, 7) is 5.72. The van der Waals surface area contributed by atoms with Crippen LogP contribution in [-0.2, 0) is 4.79 Å². The molecule has 4 rings (SSSR count). The molecule has 1 N–H and O–H groups in total. The summed E-state index contributed by atoms with van der Waals surface area (Å²) >= 11 is 0. The van der Waals surface area contributed by atoms with Gasteiger partial charge in [-0.1, -0.05) is 0 Å². The number of hydrogen-bond donors (Lipinski definition) is 1. The molecular formula is C15H23N7O. The zero-order chi connectivity index (χ0) is 15.6. The average molecular weight is 317 g/mol. The molecule has 8 nitrogen and oxygen atoms in total. The lowest BCUT2D eigenvalue weighted by molar-refractivity contribution is -0.120. The Balaban J connectivity index is 1.66. The molecule has 1 aromatic heterocycles. The van der Waals surface area contributed by atoms with Gasteiger partial charge in [0, 0.05) is 39.3 Å². The van der Waals surface area contributed by atoms with Crippen molar-refractivity contribution in [2.75, 3.05) is 60.5 Å².